The zero-order valence-electron chi connectivity index (χ0n) is 19.8. The molecule has 9 nitrogen and oxygen atoms in total. The van der Waals surface area contributed by atoms with E-state index in [4.69, 9.17) is 55.2 Å². The molecular formula is C24H28Cl3N7O2. The number of rotatable bonds is 6. The van der Waals surface area contributed by atoms with E-state index in [1.54, 1.807) is 18.3 Å². The lowest BCUT2D eigenvalue weighted by molar-refractivity contribution is -0.122. The highest BCUT2D eigenvalue weighted by atomic mass is 35.5. The molecule has 0 bridgehead atoms. The maximum Gasteiger partial charge on any atom is 0.224 e. The summed E-state index contributed by atoms with van der Waals surface area (Å²) in [5.74, 6) is 1.07. The number of fused-ring (bicyclic) bond motifs is 1. The lowest BCUT2D eigenvalue weighted by atomic mass is 9.85. The van der Waals surface area contributed by atoms with Crippen LogP contribution in [0.2, 0.25) is 15.1 Å². The summed E-state index contributed by atoms with van der Waals surface area (Å²) >= 11 is 19.0. The number of primary amides is 1. The lowest BCUT2D eigenvalue weighted by Gasteiger charge is -2.30. The van der Waals surface area contributed by atoms with Gasteiger partial charge < -0.3 is 21.1 Å². The first-order valence-electron chi connectivity index (χ1n) is 12.1. The number of amides is 1. The summed E-state index contributed by atoms with van der Waals surface area (Å²) in [6, 6.07) is 3.53. The van der Waals surface area contributed by atoms with Crippen LogP contribution in [0, 0.1) is 11.8 Å². The van der Waals surface area contributed by atoms with E-state index in [0.717, 1.165) is 19.3 Å². The van der Waals surface area contributed by atoms with Gasteiger partial charge in [0.15, 0.2) is 5.65 Å². The van der Waals surface area contributed by atoms with E-state index in [0.29, 0.717) is 75.8 Å². The Hall–Kier alpha value is -2.33. The number of anilines is 3. The molecule has 2 aliphatic rings. The van der Waals surface area contributed by atoms with Crippen LogP contribution in [-0.4, -0.2) is 44.7 Å². The zero-order chi connectivity index (χ0) is 25.4. The Kier molecular flexibility index (Phi) is 7.44. The van der Waals surface area contributed by atoms with Crippen molar-refractivity contribution >= 4 is 69.5 Å². The van der Waals surface area contributed by atoms with Gasteiger partial charge in [-0.2, -0.15) is 4.98 Å². The molecule has 192 valence electrons. The van der Waals surface area contributed by atoms with Crippen molar-refractivity contribution in [2.24, 2.45) is 17.6 Å². The van der Waals surface area contributed by atoms with Crippen LogP contribution in [0.25, 0.3) is 11.2 Å². The third-order valence-electron chi connectivity index (χ3n) is 7.10. The summed E-state index contributed by atoms with van der Waals surface area (Å²) in [5, 5.41) is 7.98. The molecule has 1 aliphatic carbocycles. The SMILES string of the molecule is C[C@@H]1COCC[C@H]1Nc1ncc2nc(Nc3c(Cl)cc(Cl)cc3Cl)n([C@H]3CC[C@@H](C(N)=O)CC3)c2n1. The fraction of sp³-hybridized carbons (Fsp3) is 0.500. The third kappa shape index (κ3) is 5.20. The molecule has 4 N–H and O–H groups in total. The summed E-state index contributed by atoms with van der Waals surface area (Å²) in [5.41, 5.74) is 7.41. The molecule has 12 heteroatoms. The van der Waals surface area contributed by atoms with E-state index < -0.39 is 0 Å². The first kappa shape index (κ1) is 25.3. The molecule has 0 unspecified atom stereocenters. The number of aromatic nitrogens is 4. The van der Waals surface area contributed by atoms with Crippen molar-refractivity contribution < 1.29 is 9.53 Å². The summed E-state index contributed by atoms with van der Waals surface area (Å²) in [4.78, 5) is 25.9. The van der Waals surface area contributed by atoms with Crippen LogP contribution in [-0.2, 0) is 9.53 Å². The highest BCUT2D eigenvalue weighted by molar-refractivity contribution is 6.41. The van der Waals surface area contributed by atoms with E-state index in [2.05, 4.69) is 27.1 Å². The molecule has 2 aromatic heterocycles. The minimum atomic E-state index is -0.249. The van der Waals surface area contributed by atoms with E-state index in [-0.39, 0.29) is 23.9 Å². The van der Waals surface area contributed by atoms with Crippen LogP contribution < -0.4 is 16.4 Å². The Labute approximate surface area is 224 Å². The van der Waals surface area contributed by atoms with Gasteiger partial charge in [-0.1, -0.05) is 41.7 Å². The molecule has 0 radical (unpaired) electrons. The molecule has 1 saturated carbocycles. The van der Waals surface area contributed by atoms with Crippen LogP contribution in [0.1, 0.15) is 45.1 Å². The average Bonchev–Trinajstić information content (AvgIpc) is 3.20. The Morgan fingerprint density at radius 2 is 1.83 bits per heavy atom. The molecule has 36 heavy (non-hydrogen) atoms. The number of hydrogen-bond acceptors (Lipinski definition) is 7. The second-order valence-corrected chi connectivity index (χ2v) is 10.8. The monoisotopic (exact) mass is 551 g/mol. The zero-order valence-corrected chi connectivity index (χ0v) is 22.1. The number of hydrogen-bond donors (Lipinski definition) is 3. The van der Waals surface area contributed by atoms with Gasteiger partial charge in [0.25, 0.3) is 0 Å². The molecule has 1 saturated heterocycles. The number of nitrogens with one attached hydrogen (secondary N) is 2. The predicted octanol–water partition coefficient (Wildman–Crippen LogP) is 5.58. The Morgan fingerprint density at radius 1 is 1.11 bits per heavy atom. The largest absolute Gasteiger partial charge is 0.381 e. The Morgan fingerprint density at radius 3 is 2.50 bits per heavy atom. The molecule has 2 atom stereocenters. The number of halogens is 3. The van der Waals surface area contributed by atoms with Gasteiger partial charge in [0, 0.05) is 29.6 Å². The highest BCUT2D eigenvalue weighted by Crippen LogP contribution is 2.40. The van der Waals surface area contributed by atoms with Gasteiger partial charge in [-0.15, -0.1) is 0 Å². The summed E-state index contributed by atoms with van der Waals surface area (Å²) < 4.78 is 7.63. The topological polar surface area (TPSA) is 120 Å². The summed E-state index contributed by atoms with van der Waals surface area (Å²) in [6.45, 7) is 3.57. The first-order valence-corrected chi connectivity index (χ1v) is 13.2. The quantitative estimate of drug-likeness (QED) is 0.365. The number of nitrogens with zero attached hydrogens (tertiary/aromatic N) is 4. The number of benzene rings is 1. The number of carbonyl (C=O) groups excluding carboxylic acids is 1. The maximum atomic E-state index is 11.7. The lowest BCUT2D eigenvalue weighted by Crippen LogP contribution is -2.36. The van der Waals surface area contributed by atoms with Gasteiger partial charge in [-0.05, 0) is 50.2 Å². The molecule has 3 aromatic rings. The van der Waals surface area contributed by atoms with Crippen LogP contribution in [0.4, 0.5) is 17.6 Å². The number of ether oxygens (including phenoxy) is 1. The highest BCUT2D eigenvalue weighted by Gasteiger charge is 2.30. The van der Waals surface area contributed by atoms with Crippen LogP contribution in [0.3, 0.4) is 0 Å². The molecule has 1 aromatic carbocycles. The van der Waals surface area contributed by atoms with Gasteiger partial charge >= 0.3 is 0 Å². The van der Waals surface area contributed by atoms with Crippen molar-refractivity contribution in [1.29, 1.82) is 0 Å². The van der Waals surface area contributed by atoms with Gasteiger partial charge in [0.05, 0.1) is 28.5 Å². The molecule has 1 amide bonds. The minimum absolute atomic E-state index is 0.0581. The van der Waals surface area contributed by atoms with E-state index in [9.17, 15) is 4.79 Å². The fourth-order valence-corrected chi connectivity index (χ4v) is 5.96. The average molecular weight is 553 g/mol. The Bertz CT molecular complexity index is 1250. The summed E-state index contributed by atoms with van der Waals surface area (Å²) in [6.07, 6.45) is 5.55. The van der Waals surface area contributed by atoms with Crippen LogP contribution in [0.15, 0.2) is 18.3 Å². The van der Waals surface area contributed by atoms with Crippen molar-refractivity contribution in [3.63, 3.8) is 0 Å². The minimum Gasteiger partial charge on any atom is -0.381 e. The van der Waals surface area contributed by atoms with E-state index in [1.165, 1.54) is 0 Å². The predicted molar refractivity (Wildman–Crippen MR) is 142 cm³/mol. The van der Waals surface area contributed by atoms with Crippen molar-refractivity contribution in [3.8, 4) is 0 Å². The molecule has 2 fully saturated rings. The van der Waals surface area contributed by atoms with Gasteiger partial charge in [-0.3, -0.25) is 9.36 Å². The van der Waals surface area contributed by atoms with Gasteiger partial charge in [0.1, 0.15) is 5.52 Å². The third-order valence-corrected chi connectivity index (χ3v) is 7.91. The Balaban J connectivity index is 1.53. The second-order valence-electron chi connectivity index (χ2n) is 9.58. The smallest absolute Gasteiger partial charge is 0.224 e. The molecule has 0 spiro atoms. The van der Waals surface area contributed by atoms with E-state index in [1.807, 2.05) is 0 Å². The van der Waals surface area contributed by atoms with Gasteiger partial charge in [-0.25, -0.2) is 9.97 Å². The van der Waals surface area contributed by atoms with Crippen LogP contribution in [0.5, 0.6) is 0 Å². The standard InChI is InChI=1S/C24H28Cl3N7O2/c1-12-11-36-7-6-18(12)30-23-29-10-19-22(33-23)34(15-4-2-13(3-5-15)21(28)35)24(31-19)32-20-16(26)8-14(25)9-17(20)27/h8-10,12-13,15,18H,2-7,11H2,1H3,(H2,28,35)(H,31,32)(H,29,30,33)/t12-,13-,15+,18-/m1/s1. The fourth-order valence-electron chi connectivity index (χ4n) is 5.05. The van der Waals surface area contributed by atoms with E-state index >= 15 is 0 Å². The molecule has 5 rings (SSSR count). The second kappa shape index (κ2) is 10.6. The number of nitrogens with two attached hydrogens (primary N) is 1. The van der Waals surface area contributed by atoms with Crippen molar-refractivity contribution in [1.82, 2.24) is 19.5 Å². The molecular weight excluding hydrogens is 525 g/mol. The molecule has 3 heterocycles. The van der Waals surface area contributed by atoms with Crippen molar-refractivity contribution in [2.45, 2.75) is 51.1 Å². The van der Waals surface area contributed by atoms with Crippen molar-refractivity contribution in [3.05, 3.63) is 33.4 Å². The number of imidazole rings is 1. The van der Waals surface area contributed by atoms with Crippen molar-refractivity contribution in [2.75, 3.05) is 23.8 Å². The van der Waals surface area contributed by atoms with Crippen LogP contribution >= 0.6 is 34.8 Å². The number of carbonyl (C=O) groups is 1. The molecule has 1 aliphatic heterocycles. The van der Waals surface area contributed by atoms with Gasteiger partial charge in [0.2, 0.25) is 17.8 Å². The summed E-state index contributed by atoms with van der Waals surface area (Å²) in [7, 11) is 0. The normalized spacial score (nSPS) is 24.6. The maximum absolute atomic E-state index is 11.7. The first-order chi connectivity index (χ1) is 17.3.